The predicted octanol–water partition coefficient (Wildman–Crippen LogP) is 3.46. The Kier molecular flexibility index (Phi) is 9.14. The number of nitrogens with one attached hydrogen (secondary N) is 1. The molecule has 24 heavy (non-hydrogen) atoms. The summed E-state index contributed by atoms with van der Waals surface area (Å²) in [4.78, 5) is 6.46. The largest absolute Gasteiger partial charge is 0.352 e. The number of hydrogen-bond acceptors (Lipinski definition) is 2. The molecule has 6 heteroatoms. The Morgan fingerprint density at radius 2 is 2.12 bits per heavy atom. The van der Waals surface area contributed by atoms with Gasteiger partial charge in [0.15, 0.2) is 5.96 Å². The van der Waals surface area contributed by atoms with Crippen molar-refractivity contribution in [2.75, 3.05) is 20.6 Å². The van der Waals surface area contributed by atoms with Gasteiger partial charge >= 0.3 is 0 Å². The highest BCUT2D eigenvalue weighted by Crippen LogP contribution is 2.07. The molecule has 5 nitrogen and oxygen atoms in total. The fraction of sp³-hybridized carbons (Fsp3) is 0.333. The second-order valence-electron chi connectivity index (χ2n) is 5.38. The van der Waals surface area contributed by atoms with Gasteiger partial charge in [0.1, 0.15) is 0 Å². The van der Waals surface area contributed by atoms with Crippen molar-refractivity contribution < 1.29 is 0 Å². The molecular formula is C18H26IN5. The summed E-state index contributed by atoms with van der Waals surface area (Å²) in [6.45, 7) is 5.41. The van der Waals surface area contributed by atoms with Crippen molar-refractivity contribution in [3.05, 3.63) is 60.9 Å². The number of aliphatic imine (C=N–C) groups is 1. The van der Waals surface area contributed by atoms with Crippen LogP contribution in [0, 0.1) is 0 Å². The second-order valence-corrected chi connectivity index (χ2v) is 5.38. The van der Waals surface area contributed by atoms with E-state index in [1.165, 1.54) is 0 Å². The van der Waals surface area contributed by atoms with Gasteiger partial charge in [-0.15, -0.1) is 30.6 Å². The number of nitrogens with zero attached hydrogens (tertiary/aromatic N) is 4. The Balaban J connectivity index is 0.00000288. The van der Waals surface area contributed by atoms with Crippen LogP contribution < -0.4 is 5.32 Å². The smallest absolute Gasteiger partial charge is 0.193 e. The maximum Gasteiger partial charge on any atom is 0.193 e. The third-order valence-corrected chi connectivity index (χ3v) is 3.58. The molecule has 0 aliphatic heterocycles. The van der Waals surface area contributed by atoms with Crippen molar-refractivity contribution in [3.63, 3.8) is 0 Å². The van der Waals surface area contributed by atoms with Gasteiger partial charge in [-0.25, -0.2) is 4.68 Å². The highest BCUT2D eigenvalue weighted by molar-refractivity contribution is 14.0. The van der Waals surface area contributed by atoms with Crippen molar-refractivity contribution >= 4 is 29.9 Å². The molecule has 0 spiro atoms. The van der Waals surface area contributed by atoms with E-state index in [-0.39, 0.29) is 24.0 Å². The van der Waals surface area contributed by atoms with Crippen LogP contribution in [0.25, 0.3) is 5.69 Å². The minimum absolute atomic E-state index is 0. The van der Waals surface area contributed by atoms with E-state index in [0.717, 1.165) is 36.6 Å². The van der Waals surface area contributed by atoms with Gasteiger partial charge in [0.25, 0.3) is 0 Å². The van der Waals surface area contributed by atoms with Crippen LogP contribution >= 0.6 is 24.0 Å². The van der Waals surface area contributed by atoms with Crippen LogP contribution in [-0.2, 0) is 6.54 Å². The van der Waals surface area contributed by atoms with Crippen molar-refractivity contribution in [2.45, 2.75) is 19.4 Å². The Morgan fingerprint density at radius 3 is 2.79 bits per heavy atom. The van der Waals surface area contributed by atoms with Crippen LogP contribution in [0.2, 0.25) is 0 Å². The average Bonchev–Trinajstić information content (AvgIpc) is 3.05. The zero-order chi connectivity index (χ0) is 16.5. The zero-order valence-corrected chi connectivity index (χ0v) is 16.7. The SMILES string of the molecule is C=CCCCN(C)C(=NC)NCc1cnn(-c2ccccc2)c1.I. The van der Waals surface area contributed by atoms with Crippen molar-refractivity contribution in [1.82, 2.24) is 20.0 Å². The number of rotatable bonds is 7. The number of hydrogen-bond donors (Lipinski definition) is 1. The molecule has 0 aliphatic carbocycles. The summed E-state index contributed by atoms with van der Waals surface area (Å²) < 4.78 is 1.88. The first-order valence-corrected chi connectivity index (χ1v) is 7.86. The summed E-state index contributed by atoms with van der Waals surface area (Å²) in [7, 11) is 3.85. The maximum absolute atomic E-state index is 4.41. The van der Waals surface area contributed by atoms with Crippen LogP contribution in [0.5, 0.6) is 0 Å². The molecule has 0 fully saturated rings. The van der Waals surface area contributed by atoms with Crippen LogP contribution in [0.1, 0.15) is 18.4 Å². The Morgan fingerprint density at radius 1 is 1.38 bits per heavy atom. The third kappa shape index (κ3) is 5.99. The minimum Gasteiger partial charge on any atom is -0.352 e. The standard InChI is InChI=1S/C18H25N5.HI/c1-4-5-9-12-22(3)18(19-2)20-13-16-14-21-23(15-16)17-10-7-6-8-11-17;/h4,6-8,10-11,14-15H,1,5,9,12-13H2,2-3H3,(H,19,20);1H. The number of guanidine groups is 1. The van der Waals surface area contributed by atoms with Crippen LogP contribution in [0.3, 0.4) is 0 Å². The highest BCUT2D eigenvalue weighted by Gasteiger charge is 2.06. The van der Waals surface area contributed by atoms with Gasteiger partial charge in [-0.05, 0) is 25.0 Å². The molecule has 2 rings (SSSR count). The lowest BCUT2D eigenvalue weighted by Gasteiger charge is -2.21. The molecule has 0 amide bonds. The lowest BCUT2D eigenvalue weighted by atomic mass is 10.3. The Labute approximate surface area is 161 Å². The van der Waals surface area contributed by atoms with E-state index in [0.29, 0.717) is 6.54 Å². The van der Waals surface area contributed by atoms with E-state index in [1.807, 2.05) is 60.5 Å². The van der Waals surface area contributed by atoms with Crippen LogP contribution in [-0.4, -0.2) is 41.3 Å². The van der Waals surface area contributed by atoms with Gasteiger partial charge in [0, 0.05) is 38.9 Å². The second kappa shape index (κ2) is 10.9. The van der Waals surface area contributed by atoms with E-state index in [1.54, 1.807) is 7.05 Å². The number of benzene rings is 1. The van der Waals surface area contributed by atoms with E-state index >= 15 is 0 Å². The number of unbranched alkanes of at least 4 members (excludes halogenated alkanes) is 1. The molecule has 1 aromatic carbocycles. The van der Waals surface area contributed by atoms with Gasteiger partial charge in [-0.1, -0.05) is 24.3 Å². The number of allylic oxidation sites excluding steroid dienone is 1. The first-order valence-electron chi connectivity index (χ1n) is 7.86. The molecule has 0 saturated carbocycles. The molecule has 1 N–H and O–H groups in total. The summed E-state index contributed by atoms with van der Waals surface area (Å²) in [6, 6.07) is 10.1. The van der Waals surface area contributed by atoms with Crippen molar-refractivity contribution in [1.29, 1.82) is 0 Å². The molecule has 1 aromatic heterocycles. The van der Waals surface area contributed by atoms with Gasteiger partial charge < -0.3 is 10.2 Å². The fourth-order valence-electron chi connectivity index (χ4n) is 2.32. The molecule has 0 atom stereocenters. The summed E-state index contributed by atoms with van der Waals surface area (Å²) in [5.41, 5.74) is 2.18. The molecule has 0 bridgehead atoms. The maximum atomic E-state index is 4.41. The molecule has 0 aliphatic rings. The lowest BCUT2D eigenvalue weighted by molar-refractivity contribution is 0.470. The first-order chi connectivity index (χ1) is 11.2. The molecule has 1 heterocycles. The van der Waals surface area contributed by atoms with Crippen LogP contribution in [0.4, 0.5) is 0 Å². The number of halogens is 1. The quantitative estimate of drug-likeness (QED) is 0.236. The average molecular weight is 439 g/mol. The molecule has 0 unspecified atom stereocenters. The highest BCUT2D eigenvalue weighted by atomic mass is 127. The van der Waals surface area contributed by atoms with Crippen molar-refractivity contribution in [3.8, 4) is 5.69 Å². The van der Waals surface area contributed by atoms with Gasteiger partial charge in [-0.2, -0.15) is 5.10 Å². The molecule has 0 radical (unpaired) electrons. The lowest BCUT2D eigenvalue weighted by Crippen LogP contribution is -2.38. The summed E-state index contributed by atoms with van der Waals surface area (Å²) in [5.74, 6) is 0.890. The van der Waals surface area contributed by atoms with Crippen LogP contribution in [0.15, 0.2) is 60.4 Å². The van der Waals surface area contributed by atoms with E-state index in [2.05, 4.69) is 26.9 Å². The predicted molar refractivity (Wildman–Crippen MR) is 111 cm³/mol. The van der Waals surface area contributed by atoms with E-state index in [9.17, 15) is 0 Å². The Hall–Kier alpha value is -1.83. The minimum atomic E-state index is 0. The van der Waals surface area contributed by atoms with E-state index < -0.39 is 0 Å². The van der Waals surface area contributed by atoms with Gasteiger partial charge in [-0.3, -0.25) is 4.99 Å². The molecule has 0 saturated heterocycles. The number of para-hydroxylation sites is 1. The Bertz CT molecular complexity index is 636. The van der Waals surface area contributed by atoms with Gasteiger partial charge in [0.05, 0.1) is 11.9 Å². The molecular weight excluding hydrogens is 413 g/mol. The zero-order valence-electron chi connectivity index (χ0n) is 14.4. The third-order valence-electron chi connectivity index (χ3n) is 3.58. The molecule has 2 aromatic rings. The summed E-state index contributed by atoms with van der Waals surface area (Å²) in [5, 5.41) is 7.78. The summed E-state index contributed by atoms with van der Waals surface area (Å²) in [6.07, 6.45) is 7.96. The summed E-state index contributed by atoms with van der Waals surface area (Å²) >= 11 is 0. The monoisotopic (exact) mass is 439 g/mol. The topological polar surface area (TPSA) is 45.4 Å². The van der Waals surface area contributed by atoms with E-state index in [4.69, 9.17) is 0 Å². The normalized spacial score (nSPS) is 10.8. The molecule has 130 valence electrons. The first kappa shape index (κ1) is 20.2. The fourth-order valence-corrected chi connectivity index (χ4v) is 2.32. The number of aromatic nitrogens is 2. The van der Waals surface area contributed by atoms with Crippen molar-refractivity contribution in [2.24, 2.45) is 4.99 Å². The van der Waals surface area contributed by atoms with Gasteiger partial charge in [0.2, 0.25) is 0 Å².